The first-order valence-electron chi connectivity index (χ1n) is 13.7. The molecule has 39 heavy (non-hydrogen) atoms. The molecule has 1 aliphatic heterocycles. The van der Waals surface area contributed by atoms with E-state index in [4.69, 9.17) is 4.84 Å². The highest BCUT2D eigenvalue weighted by Gasteiger charge is 2.32. The molecule has 1 aromatic carbocycles. The van der Waals surface area contributed by atoms with Crippen molar-refractivity contribution in [3.8, 4) is 11.8 Å². The molecular formula is C30H38N4O5. The Morgan fingerprint density at radius 3 is 2.28 bits per heavy atom. The smallest absolute Gasteiger partial charge is 0.333 e. The molecule has 3 rings (SSSR count). The summed E-state index contributed by atoms with van der Waals surface area (Å²) >= 11 is 0. The molecule has 1 heterocycles. The number of phenolic OH excluding ortho intramolecular Hbond substituents is 1. The monoisotopic (exact) mass is 534 g/mol. The predicted octanol–water partition coefficient (Wildman–Crippen LogP) is 4.85. The number of hydroxylamine groups is 2. The van der Waals surface area contributed by atoms with Crippen LogP contribution >= 0.6 is 0 Å². The minimum Gasteiger partial charge on any atom is -0.507 e. The number of hydrogen-bond acceptors (Lipinski definition) is 8. The van der Waals surface area contributed by atoms with Crippen LogP contribution in [0, 0.1) is 11.3 Å². The highest BCUT2D eigenvalue weighted by molar-refractivity contribution is 6.01. The van der Waals surface area contributed by atoms with Gasteiger partial charge in [-0.15, -0.1) is 5.06 Å². The number of nitrogens with zero attached hydrogens (tertiary/aromatic N) is 4. The Kier molecular flexibility index (Phi) is 10.7. The van der Waals surface area contributed by atoms with Gasteiger partial charge in [0.25, 0.3) is 11.8 Å². The first kappa shape index (κ1) is 29.5. The molecule has 1 aliphatic carbocycles. The summed E-state index contributed by atoms with van der Waals surface area (Å²) in [4.78, 5) is 44.4. The Morgan fingerprint density at radius 2 is 1.72 bits per heavy atom. The molecule has 0 saturated carbocycles. The Bertz CT molecular complexity index is 1190. The van der Waals surface area contributed by atoms with Crippen molar-refractivity contribution in [1.29, 1.82) is 5.26 Å². The number of phenols is 1. The number of nitriles is 1. The zero-order valence-electron chi connectivity index (χ0n) is 23.1. The lowest BCUT2D eigenvalue weighted by molar-refractivity contribution is -0.197. The van der Waals surface area contributed by atoms with Crippen LogP contribution in [0.15, 0.2) is 47.7 Å². The summed E-state index contributed by atoms with van der Waals surface area (Å²) < 4.78 is 0. The molecule has 0 radical (unpaired) electrons. The van der Waals surface area contributed by atoms with Crippen LogP contribution in [-0.2, 0) is 19.2 Å². The van der Waals surface area contributed by atoms with E-state index in [1.807, 2.05) is 24.3 Å². The fraction of sp³-hybridized carbons (Fsp3) is 0.467. The van der Waals surface area contributed by atoms with Crippen molar-refractivity contribution in [1.82, 2.24) is 9.96 Å². The fourth-order valence-corrected chi connectivity index (χ4v) is 4.80. The molecule has 9 heteroatoms. The van der Waals surface area contributed by atoms with Gasteiger partial charge in [-0.05, 0) is 63.8 Å². The lowest BCUT2D eigenvalue weighted by Crippen LogP contribution is -2.31. The van der Waals surface area contributed by atoms with Crippen molar-refractivity contribution in [2.24, 2.45) is 0 Å². The van der Waals surface area contributed by atoms with E-state index in [0.717, 1.165) is 56.0 Å². The van der Waals surface area contributed by atoms with Crippen LogP contribution < -0.4 is 4.90 Å². The van der Waals surface area contributed by atoms with E-state index in [9.17, 15) is 24.8 Å². The maximum absolute atomic E-state index is 12.0. The van der Waals surface area contributed by atoms with Crippen LogP contribution in [0.1, 0.15) is 71.3 Å². The molecule has 1 fully saturated rings. The molecule has 2 aliphatic rings. The van der Waals surface area contributed by atoms with Gasteiger partial charge < -0.3 is 19.7 Å². The number of amides is 2. The van der Waals surface area contributed by atoms with E-state index >= 15 is 0 Å². The molecular weight excluding hydrogens is 496 g/mol. The van der Waals surface area contributed by atoms with Gasteiger partial charge in [-0.25, -0.2) is 4.79 Å². The van der Waals surface area contributed by atoms with Gasteiger partial charge in [-0.3, -0.25) is 9.59 Å². The first-order chi connectivity index (χ1) is 18.8. The van der Waals surface area contributed by atoms with E-state index in [0.29, 0.717) is 29.0 Å². The van der Waals surface area contributed by atoms with Crippen molar-refractivity contribution in [3.63, 3.8) is 0 Å². The lowest BCUT2D eigenvalue weighted by atomic mass is 9.94. The highest BCUT2D eigenvalue weighted by Crippen LogP contribution is 2.34. The van der Waals surface area contributed by atoms with Crippen LogP contribution in [0.2, 0.25) is 0 Å². The van der Waals surface area contributed by atoms with Gasteiger partial charge in [0.2, 0.25) is 0 Å². The zero-order valence-corrected chi connectivity index (χ0v) is 23.1. The molecule has 1 N–H and O–H groups in total. The van der Waals surface area contributed by atoms with Gasteiger partial charge >= 0.3 is 5.97 Å². The number of benzene rings is 1. The second kappa shape index (κ2) is 14.2. The van der Waals surface area contributed by atoms with Crippen molar-refractivity contribution < 1.29 is 24.3 Å². The second-order valence-corrected chi connectivity index (χ2v) is 9.49. The number of unbranched alkanes of at least 4 members (excludes halogenated alkanes) is 2. The Balaban J connectivity index is 1.52. The van der Waals surface area contributed by atoms with E-state index in [-0.39, 0.29) is 25.0 Å². The van der Waals surface area contributed by atoms with Crippen molar-refractivity contribution >= 4 is 29.0 Å². The molecule has 0 bridgehead atoms. The molecule has 1 saturated heterocycles. The number of anilines is 1. The maximum Gasteiger partial charge on any atom is 0.333 e. The number of carbonyl (C=O) groups excluding carboxylic acids is 3. The lowest BCUT2D eigenvalue weighted by Gasteiger charge is -2.26. The van der Waals surface area contributed by atoms with Crippen LogP contribution in [0.4, 0.5) is 5.69 Å². The summed E-state index contributed by atoms with van der Waals surface area (Å²) in [7, 11) is 0. The standard InChI is InChI=1S/C30H38N4O5/c1-4-32(5-2)24-15-16-25(27(35)20-24)26(21-31)22-11-13-23(14-12-22)33(6-3)19-9-7-8-10-30(38)39-34-28(36)17-18-29(34)37/h11,13-16,20,35H,4-10,12,17-19H2,1-3H3/b26-22-. The third-order valence-corrected chi connectivity index (χ3v) is 7.05. The zero-order chi connectivity index (χ0) is 28.4. The van der Waals surface area contributed by atoms with Gasteiger partial charge in [0.05, 0.1) is 5.57 Å². The number of aromatic hydroxyl groups is 1. The number of imide groups is 1. The van der Waals surface area contributed by atoms with Crippen LogP contribution in [0.3, 0.4) is 0 Å². The number of allylic oxidation sites excluding steroid dienone is 5. The normalized spacial score (nSPS) is 16.2. The van der Waals surface area contributed by atoms with Crippen molar-refractivity contribution in [2.45, 2.75) is 65.7 Å². The van der Waals surface area contributed by atoms with E-state index < -0.39 is 17.8 Å². The van der Waals surface area contributed by atoms with E-state index in [1.54, 1.807) is 6.07 Å². The Hall–Kier alpha value is -4.06. The summed E-state index contributed by atoms with van der Waals surface area (Å²) in [5.74, 6) is -1.40. The first-order valence-corrected chi connectivity index (χ1v) is 13.7. The third-order valence-electron chi connectivity index (χ3n) is 7.05. The van der Waals surface area contributed by atoms with Gasteiger partial charge in [0.1, 0.15) is 11.8 Å². The average Bonchev–Trinajstić information content (AvgIpc) is 3.25. The second-order valence-electron chi connectivity index (χ2n) is 9.49. The summed E-state index contributed by atoms with van der Waals surface area (Å²) in [6, 6.07) is 7.76. The van der Waals surface area contributed by atoms with Crippen molar-refractivity contribution in [2.75, 3.05) is 31.1 Å². The molecule has 208 valence electrons. The van der Waals surface area contributed by atoms with Gasteiger partial charge in [0.15, 0.2) is 0 Å². The quantitative estimate of drug-likeness (QED) is 0.217. The summed E-state index contributed by atoms with van der Waals surface area (Å²) in [6.07, 6.45) is 9.24. The molecule has 0 atom stereocenters. The molecule has 0 unspecified atom stereocenters. The third kappa shape index (κ3) is 7.50. The summed E-state index contributed by atoms with van der Waals surface area (Å²) in [5, 5.41) is 21.2. The number of likely N-dealkylation sites (N-methyl/N-ethyl adjacent to an activating group) is 1. The Morgan fingerprint density at radius 1 is 1.03 bits per heavy atom. The van der Waals surface area contributed by atoms with Crippen molar-refractivity contribution in [3.05, 3.63) is 53.3 Å². The van der Waals surface area contributed by atoms with Gasteiger partial charge in [-0.1, -0.05) is 18.6 Å². The number of rotatable bonds is 13. The Labute approximate surface area is 230 Å². The summed E-state index contributed by atoms with van der Waals surface area (Å²) in [5.41, 5.74) is 3.87. The molecule has 2 amide bonds. The van der Waals surface area contributed by atoms with E-state index in [2.05, 4.69) is 42.7 Å². The van der Waals surface area contributed by atoms with Crippen LogP contribution in [0.25, 0.3) is 5.57 Å². The van der Waals surface area contributed by atoms with Gasteiger partial charge in [0, 0.05) is 68.5 Å². The minimum atomic E-state index is -0.565. The predicted molar refractivity (Wildman–Crippen MR) is 149 cm³/mol. The fourth-order valence-electron chi connectivity index (χ4n) is 4.80. The number of carbonyl (C=O) groups is 3. The van der Waals surface area contributed by atoms with Crippen LogP contribution in [0.5, 0.6) is 5.75 Å². The van der Waals surface area contributed by atoms with E-state index in [1.165, 1.54) is 0 Å². The molecule has 0 aromatic heterocycles. The summed E-state index contributed by atoms with van der Waals surface area (Å²) in [6.45, 7) is 9.50. The van der Waals surface area contributed by atoms with Crippen LogP contribution in [-0.4, -0.2) is 59.0 Å². The molecule has 0 spiro atoms. The number of hydrogen-bond donors (Lipinski definition) is 1. The molecule has 9 nitrogen and oxygen atoms in total. The maximum atomic E-state index is 12.0. The van der Waals surface area contributed by atoms with Gasteiger partial charge in [-0.2, -0.15) is 5.26 Å². The highest BCUT2D eigenvalue weighted by atomic mass is 16.7. The largest absolute Gasteiger partial charge is 0.507 e. The SMILES string of the molecule is CCN(CCCCCC(=O)ON1C(=O)CCC1=O)C1=CC/C(=C(/C#N)c2ccc(N(CC)CC)cc2O)C=C1. The molecule has 1 aromatic rings. The average molecular weight is 535 g/mol. The topological polar surface area (TPSA) is 114 Å². The minimum absolute atomic E-state index is 0.0882.